The van der Waals surface area contributed by atoms with Crippen LogP contribution in [0.3, 0.4) is 0 Å². The normalized spacial score (nSPS) is 12.0. The molecule has 0 aliphatic rings. The molecule has 0 spiro atoms. The molecule has 2 aromatic heterocycles. The van der Waals surface area contributed by atoms with Crippen molar-refractivity contribution < 1.29 is 9.53 Å². The molecule has 3 rings (SSSR count). The zero-order chi connectivity index (χ0) is 19.9. The Morgan fingerprint density at radius 3 is 2.68 bits per heavy atom. The molecule has 0 aliphatic heterocycles. The van der Waals surface area contributed by atoms with Crippen molar-refractivity contribution in [2.45, 2.75) is 19.9 Å². The summed E-state index contributed by atoms with van der Waals surface area (Å²) in [6.45, 7) is 6.26. The number of aromatic nitrogens is 3. The number of hydrogen-bond acceptors (Lipinski definition) is 5. The zero-order valence-electron chi connectivity index (χ0n) is 16.4. The van der Waals surface area contributed by atoms with Gasteiger partial charge in [0.05, 0.1) is 23.6 Å². The second-order valence-electron chi connectivity index (χ2n) is 6.35. The molecule has 8 nitrogen and oxygen atoms in total. The fourth-order valence-corrected chi connectivity index (χ4v) is 3.12. The van der Waals surface area contributed by atoms with Crippen molar-refractivity contribution in [1.29, 1.82) is 0 Å². The quantitative estimate of drug-likeness (QED) is 0.555. The Bertz CT molecular complexity index is 907. The molecule has 148 valence electrons. The lowest BCUT2D eigenvalue weighted by Crippen LogP contribution is -2.35. The highest BCUT2D eigenvalue weighted by atomic mass is 16.5. The molecule has 0 aliphatic carbocycles. The molecule has 1 unspecified atom stereocenters. The molecule has 1 aromatic carbocycles. The van der Waals surface area contributed by atoms with Crippen LogP contribution in [0.25, 0.3) is 10.9 Å². The molecule has 8 heteroatoms. The van der Waals surface area contributed by atoms with E-state index in [0.29, 0.717) is 12.4 Å². The molecule has 2 amide bonds. The number of H-pyrrole nitrogens is 1. The van der Waals surface area contributed by atoms with Gasteiger partial charge in [-0.15, -0.1) is 0 Å². The van der Waals surface area contributed by atoms with Crippen LogP contribution in [0.5, 0.6) is 0 Å². The monoisotopic (exact) mass is 382 g/mol. The van der Waals surface area contributed by atoms with Crippen LogP contribution in [0.4, 0.5) is 16.4 Å². The maximum atomic E-state index is 12.5. The van der Waals surface area contributed by atoms with E-state index in [9.17, 15) is 4.79 Å². The van der Waals surface area contributed by atoms with Crippen molar-refractivity contribution in [3.8, 4) is 0 Å². The maximum absolute atomic E-state index is 12.5. The molecule has 0 saturated carbocycles. The Kier molecular flexibility index (Phi) is 6.44. The first-order valence-corrected chi connectivity index (χ1v) is 9.36. The lowest BCUT2D eigenvalue weighted by molar-refractivity contribution is 0.168. The summed E-state index contributed by atoms with van der Waals surface area (Å²) in [4.78, 5) is 19.0. The van der Waals surface area contributed by atoms with E-state index >= 15 is 0 Å². The number of carbonyl (C=O) groups is 1. The summed E-state index contributed by atoms with van der Waals surface area (Å²) in [5, 5.41) is 14.0. The average Bonchev–Trinajstić information content (AvgIpc) is 3.12. The third-order valence-electron chi connectivity index (χ3n) is 4.57. The van der Waals surface area contributed by atoms with Crippen LogP contribution in [0, 0.1) is 0 Å². The molecule has 0 fully saturated rings. The van der Waals surface area contributed by atoms with Gasteiger partial charge in [0.1, 0.15) is 5.82 Å². The van der Waals surface area contributed by atoms with Crippen molar-refractivity contribution in [1.82, 2.24) is 20.5 Å². The van der Waals surface area contributed by atoms with Gasteiger partial charge in [0.25, 0.3) is 0 Å². The van der Waals surface area contributed by atoms with Gasteiger partial charge in [-0.3, -0.25) is 10.4 Å². The maximum Gasteiger partial charge on any atom is 0.320 e. The number of benzene rings is 1. The number of amides is 2. The first-order chi connectivity index (χ1) is 13.7. The first kappa shape index (κ1) is 19.6. The minimum atomic E-state index is -0.346. The minimum absolute atomic E-state index is 0.253. The van der Waals surface area contributed by atoms with Gasteiger partial charge in [-0.2, -0.15) is 5.10 Å². The summed E-state index contributed by atoms with van der Waals surface area (Å²) in [6.07, 6.45) is 1.73. The summed E-state index contributed by atoms with van der Waals surface area (Å²) in [5.41, 5.74) is 1.80. The zero-order valence-corrected chi connectivity index (χ0v) is 16.4. The topological polar surface area (TPSA) is 95.2 Å². The third-order valence-corrected chi connectivity index (χ3v) is 4.57. The molecule has 3 aromatic rings. The second kappa shape index (κ2) is 9.18. The standard InChI is InChI=1S/C20H26N6O2/c1-4-26(5-2)19-15-12-21-18(11-16(15)24-25-19)23-20(27)22-17(13-28-3)14-9-7-6-8-10-14/h6-12,17H,4-5,13H2,1-3H3,(H,24,25)(H2,21,22,23,27). The van der Waals surface area contributed by atoms with Crippen LogP contribution in [0.2, 0.25) is 0 Å². The van der Waals surface area contributed by atoms with Crippen LogP contribution in [0.15, 0.2) is 42.6 Å². The predicted octanol–water partition coefficient (Wildman–Crippen LogP) is 3.31. The molecule has 3 N–H and O–H groups in total. The van der Waals surface area contributed by atoms with E-state index in [1.165, 1.54) is 0 Å². The number of urea groups is 1. The van der Waals surface area contributed by atoms with Gasteiger partial charge in [0.2, 0.25) is 0 Å². The van der Waals surface area contributed by atoms with Crippen LogP contribution in [0.1, 0.15) is 25.5 Å². The van der Waals surface area contributed by atoms with Crippen molar-refractivity contribution in [3.63, 3.8) is 0 Å². The van der Waals surface area contributed by atoms with Crippen LogP contribution in [-0.2, 0) is 4.74 Å². The number of fused-ring (bicyclic) bond motifs is 1. The minimum Gasteiger partial charge on any atom is -0.382 e. The van der Waals surface area contributed by atoms with Crippen molar-refractivity contribution in [2.75, 3.05) is 37.0 Å². The molecular formula is C20H26N6O2. The number of nitrogens with one attached hydrogen (secondary N) is 3. The van der Waals surface area contributed by atoms with E-state index in [1.54, 1.807) is 19.4 Å². The first-order valence-electron chi connectivity index (χ1n) is 9.36. The van der Waals surface area contributed by atoms with Crippen LogP contribution >= 0.6 is 0 Å². The van der Waals surface area contributed by atoms with E-state index in [4.69, 9.17) is 4.74 Å². The van der Waals surface area contributed by atoms with Crippen molar-refractivity contribution in [2.24, 2.45) is 0 Å². The summed E-state index contributed by atoms with van der Waals surface area (Å²) in [6, 6.07) is 10.9. The lowest BCUT2D eigenvalue weighted by atomic mass is 10.1. The number of methoxy groups -OCH3 is 1. The number of hydrogen-bond donors (Lipinski definition) is 3. The Hall–Kier alpha value is -3.13. The Morgan fingerprint density at radius 1 is 1.25 bits per heavy atom. The van der Waals surface area contributed by atoms with E-state index in [2.05, 4.69) is 44.6 Å². The SMILES string of the molecule is CCN(CC)c1n[nH]c2cc(NC(=O)NC(COC)c3ccccc3)ncc12. The highest BCUT2D eigenvalue weighted by molar-refractivity contribution is 5.94. The summed E-state index contributed by atoms with van der Waals surface area (Å²) < 4.78 is 5.24. The molecule has 0 bridgehead atoms. The number of aromatic amines is 1. The number of carbonyl (C=O) groups excluding carboxylic acids is 1. The number of anilines is 2. The fourth-order valence-electron chi connectivity index (χ4n) is 3.12. The average molecular weight is 382 g/mol. The largest absolute Gasteiger partial charge is 0.382 e. The third kappa shape index (κ3) is 4.40. The van der Waals surface area contributed by atoms with Gasteiger partial charge in [-0.25, -0.2) is 9.78 Å². The fraction of sp³-hybridized carbons (Fsp3) is 0.350. The van der Waals surface area contributed by atoms with Gasteiger partial charge in [-0.1, -0.05) is 30.3 Å². The van der Waals surface area contributed by atoms with Gasteiger partial charge in [0, 0.05) is 32.5 Å². The van der Waals surface area contributed by atoms with Gasteiger partial charge in [0.15, 0.2) is 5.82 Å². The van der Waals surface area contributed by atoms with Gasteiger partial charge < -0.3 is 15.0 Å². The smallest absolute Gasteiger partial charge is 0.320 e. The summed E-state index contributed by atoms with van der Waals surface area (Å²) >= 11 is 0. The predicted molar refractivity (Wildman–Crippen MR) is 111 cm³/mol. The summed E-state index contributed by atoms with van der Waals surface area (Å²) in [5.74, 6) is 1.32. The molecular weight excluding hydrogens is 356 g/mol. The molecule has 0 radical (unpaired) electrons. The van der Waals surface area contributed by atoms with Crippen LogP contribution in [-0.4, -0.2) is 48.0 Å². The van der Waals surface area contributed by atoms with Crippen molar-refractivity contribution >= 4 is 28.6 Å². The highest BCUT2D eigenvalue weighted by Gasteiger charge is 2.16. The number of pyridine rings is 1. The molecule has 2 heterocycles. The van der Waals surface area contributed by atoms with Gasteiger partial charge in [-0.05, 0) is 19.4 Å². The lowest BCUT2D eigenvalue weighted by Gasteiger charge is -2.19. The number of rotatable bonds is 8. The number of ether oxygens (including phenoxy) is 1. The molecule has 1 atom stereocenters. The van der Waals surface area contributed by atoms with Gasteiger partial charge >= 0.3 is 6.03 Å². The van der Waals surface area contributed by atoms with Crippen LogP contribution < -0.4 is 15.5 Å². The van der Waals surface area contributed by atoms with E-state index in [-0.39, 0.29) is 12.1 Å². The molecule has 28 heavy (non-hydrogen) atoms. The Labute approximate surface area is 164 Å². The Morgan fingerprint density at radius 2 is 2.00 bits per heavy atom. The van der Waals surface area contributed by atoms with E-state index in [1.807, 2.05) is 30.3 Å². The molecule has 0 saturated heterocycles. The highest BCUT2D eigenvalue weighted by Crippen LogP contribution is 2.24. The Balaban J connectivity index is 1.72. The number of nitrogens with zero attached hydrogens (tertiary/aromatic N) is 3. The van der Waals surface area contributed by atoms with E-state index in [0.717, 1.165) is 35.4 Å². The van der Waals surface area contributed by atoms with E-state index < -0.39 is 0 Å². The van der Waals surface area contributed by atoms with Crippen molar-refractivity contribution in [3.05, 3.63) is 48.2 Å². The summed E-state index contributed by atoms with van der Waals surface area (Å²) in [7, 11) is 1.61. The second-order valence-corrected chi connectivity index (χ2v) is 6.35.